The van der Waals surface area contributed by atoms with Crippen molar-refractivity contribution in [3.05, 3.63) is 69.8 Å². The van der Waals surface area contributed by atoms with Crippen molar-refractivity contribution in [2.24, 2.45) is 0 Å². The maximum Gasteiger partial charge on any atom is 0.291 e. The van der Waals surface area contributed by atoms with Gasteiger partial charge in [-0.15, -0.1) is 0 Å². The lowest BCUT2D eigenvalue weighted by Crippen LogP contribution is -2.25. The summed E-state index contributed by atoms with van der Waals surface area (Å²) in [4.78, 5) is 26.5. The number of aromatic hydroxyl groups is 1. The number of para-hydroxylation sites is 1. The largest absolute Gasteiger partial charge is 0.502 e. The number of aromatic nitrogens is 1. The van der Waals surface area contributed by atoms with Gasteiger partial charge in [0.05, 0.1) is 18.2 Å². The van der Waals surface area contributed by atoms with Crippen LogP contribution in [0.2, 0.25) is 0 Å². The van der Waals surface area contributed by atoms with Crippen LogP contribution in [0.15, 0.2) is 47.3 Å². The molecule has 0 aliphatic rings. The predicted molar refractivity (Wildman–Crippen MR) is 90.4 cm³/mol. The highest BCUT2D eigenvalue weighted by Gasteiger charge is 2.20. The van der Waals surface area contributed by atoms with Gasteiger partial charge in [-0.1, -0.05) is 24.3 Å². The van der Waals surface area contributed by atoms with Crippen LogP contribution in [-0.2, 0) is 6.54 Å². The van der Waals surface area contributed by atoms with Crippen LogP contribution in [0.5, 0.6) is 11.5 Å². The van der Waals surface area contributed by atoms with Crippen LogP contribution in [0.4, 0.5) is 4.39 Å². The van der Waals surface area contributed by atoms with Gasteiger partial charge in [0.25, 0.3) is 11.5 Å². The number of ether oxygens (including phenoxy) is 1. The van der Waals surface area contributed by atoms with E-state index >= 15 is 0 Å². The van der Waals surface area contributed by atoms with Gasteiger partial charge in [0, 0.05) is 11.9 Å². The monoisotopic (exact) mass is 342 g/mol. The molecule has 0 aliphatic carbocycles. The number of hydrogen-bond acceptors (Lipinski definition) is 4. The standard InChI is InChI=1S/C18H15FN2O4/c1-25-11-7-5-10(6-8-11)9-20-17(23)14-12-3-2-4-13(19)15(12)21-18(24)16(14)22/h2-8,22H,9H2,1H3,(H,20,23)(H,21,24). The molecule has 1 aromatic heterocycles. The van der Waals surface area contributed by atoms with Gasteiger partial charge in [-0.2, -0.15) is 0 Å². The highest BCUT2D eigenvalue weighted by atomic mass is 19.1. The first-order chi connectivity index (χ1) is 12.0. The number of H-pyrrole nitrogens is 1. The summed E-state index contributed by atoms with van der Waals surface area (Å²) in [6.07, 6.45) is 0. The second-order valence-electron chi connectivity index (χ2n) is 5.37. The lowest BCUT2D eigenvalue weighted by atomic mass is 10.1. The third kappa shape index (κ3) is 3.16. The number of carbonyl (C=O) groups is 1. The molecule has 0 saturated carbocycles. The van der Waals surface area contributed by atoms with Gasteiger partial charge in [-0.3, -0.25) is 9.59 Å². The Morgan fingerprint density at radius 3 is 2.64 bits per heavy atom. The average Bonchev–Trinajstić information content (AvgIpc) is 2.62. The molecule has 3 aromatic rings. The van der Waals surface area contributed by atoms with Gasteiger partial charge in [-0.25, -0.2) is 4.39 Å². The van der Waals surface area contributed by atoms with Crippen molar-refractivity contribution < 1.29 is 19.0 Å². The van der Waals surface area contributed by atoms with E-state index in [9.17, 15) is 19.1 Å². The van der Waals surface area contributed by atoms with E-state index in [1.54, 1.807) is 31.4 Å². The number of carbonyl (C=O) groups excluding carboxylic acids is 1. The van der Waals surface area contributed by atoms with E-state index in [-0.39, 0.29) is 23.0 Å². The highest BCUT2D eigenvalue weighted by Crippen LogP contribution is 2.24. The SMILES string of the molecule is COc1ccc(CNC(=O)c2c(O)c(=O)[nH]c3c(F)cccc23)cc1. The van der Waals surface area contributed by atoms with Crippen molar-refractivity contribution in [3.63, 3.8) is 0 Å². The van der Waals surface area contributed by atoms with Crippen LogP contribution in [-0.4, -0.2) is 23.1 Å². The molecule has 25 heavy (non-hydrogen) atoms. The molecular formula is C18H15FN2O4. The molecule has 7 heteroatoms. The fourth-order valence-corrected chi connectivity index (χ4v) is 2.52. The number of halogens is 1. The smallest absolute Gasteiger partial charge is 0.291 e. The minimum atomic E-state index is -0.924. The van der Waals surface area contributed by atoms with Crippen molar-refractivity contribution in [3.8, 4) is 11.5 Å². The summed E-state index contributed by atoms with van der Waals surface area (Å²) in [6.45, 7) is 0.172. The summed E-state index contributed by atoms with van der Waals surface area (Å²) in [5.41, 5.74) is -0.507. The normalized spacial score (nSPS) is 10.6. The Balaban J connectivity index is 1.92. The van der Waals surface area contributed by atoms with Crippen molar-refractivity contribution in [1.82, 2.24) is 10.3 Å². The van der Waals surface area contributed by atoms with E-state index in [1.165, 1.54) is 12.1 Å². The van der Waals surface area contributed by atoms with Gasteiger partial charge in [-0.05, 0) is 23.8 Å². The number of nitrogens with one attached hydrogen (secondary N) is 2. The van der Waals surface area contributed by atoms with Crippen molar-refractivity contribution in [1.29, 1.82) is 0 Å². The van der Waals surface area contributed by atoms with E-state index in [4.69, 9.17) is 4.74 Å². The molecule has 128 valence electrons. The fraction of sp³-hybridized carbons (Fsp3) is 0.111. The maximum atomic E-state index is 13.9. The quantitative estimate of drug-likeness (QED) is 0.678. The number of pyridine rings is 1. The first-order valence-electron chi connectivity index (χ1n) is 7.46. The Labute approximate surface area is 141 Å². The second kappa shape index (κ2) is 6.64. The molecule has 1 amide bonds. The summed E-state index contributed by atoms with van der Waals surface area (Å²) in [6, 6.07) is 11.1. The zero-order chi connectivity index (χ0) is 18.0. The first kappa shape index (κ1) is 16.5. The Morgan fingerprint density at radius 1 is 1.24 bits per heavy atom. The van der Waals surface area contributed by atoms with Crippen molar-refractivity contribution >= 4 is 16.8 Å². The molecule has 0 saturated heterocycles. The van der Waals surface area contributed by atoms with E-state index in [2.05, 4.69) is 10.3 Å². The van der Waals surface area contributed by atoms with Gasteiger partial charge in [0.2, 0.25) is 0 Å². The second-order valence-corrected chi connectivity index (χ2v) is 5.37. The molecule has 3 N–H and O–H groups in total. The van der Waals surface area contributed by atoms with Gasteiger partial charge in [0.1, 0.15) is 11.6 Å². The van der Waals surface area contributed by atoms with Gasteiger partial charge >= 0.3 is 0 Å². The number of methoxy groups -OCH3 is 1. The molecule has 0 spiro atoms. The number of fused-ring (bicyclic) bond motifs is 1. The summed E-state index contributed by atoms with van der Waals surface area (Å²) >= 11 is 0. The number of hydrogen-bond donors (Lipinski definition) is 3. The minimum absolute atomic E-state index is 0.125. The molecule has 3 rings (SSSR count). The fourth-order valence-electron chi connectivity index (χ4n) is 2.52. The van der Waals surface area contributed by atoms with Crippen LogP contribution in [0.1, 0.15) is 15.9 Å². The Kier molecular flexibility index (Phi) is 4.38. The Bertz CT molecular complexity index is 996. The van der Waals surface area contributed by atoms with Gasteiger partial charge in [0.15, 0.2) is 5.75 Å². The van der Waals surface area contributed by atoms with Crippen LogP contribution >= 0.6 is 0 Å². The molecule has 1 heterocycles. The lowest BCUT2D eigenvalue weighted by Gasteiger charge is -2.10. The summed E-state index contributed by atoms with van der Waals surface area (Å²) in [5.74, 6) is -1.41. The molecule has 6 nitrogen and oxygen atoms in total. The molecule has 0 radical (unpaired) electrons. The topological polar surface area (TPSA) is 91.4 Å². The van der Waals surface area contributed by atoms with E-state index in [0.717, 1.165) is 11.6 Å². The number of benzene rings is 2. The predicted octanol–water partition coefficient (Wildman–Crippen LogP) is 2.31. The summed E-state index contributed by atoms with van der Waals surface area (Å²) < 4.78 is 18.9. The number of rotatable bonds is 4. The molecule has 0 fully saturated rings. The minimum Gasteiger partial charge on any atom is -0.502 e. The van der Waals surface area contributed by atoms with Crippen LogP contribution in [0.3, 0.4) is 0 Å². The maximum absolute atomic E-state index is 13.9. The zero-order valence-electron chi connectivity index (χ0n) is 13.3. The molecular weight excluding hydrogens is 327 g/mol. The Hall–Kier alpha value is -3.35. The van der Waals surface area contributed by atoms with Gasteiger partial charge < -0.3 is 20.1 Å². The Morgan fingerprint density at radius 2 is 1.96 bits per heavy atom. The number of amides is 1. The lowest BCUT2D eigenvalue weighted by molar-refractivity contribution is 0.0949. The average molecular weight is 342 g/mol. The van der Waals surface area contributed by atoms with Crippen molar-refractivity contribution in [2.75, 3.05) is 7.11 Å². The molecule has 0 bridgehead atoms. The van der Waals surface area contributed by atoms with Crippen LogP contribution in [0.25, 0.3) is 10.9 Å². The summed E-state index contributed by atoms with van der Waals surface area (Å²) in [5, 5.41) is 12.7. The van der Waals surface area contributed by atoms with Crippen molar-refractivity contribution in [2.45, 2.75) is 6.54 Å². The third-order valence-electron chi connectivity index (χ3n) is 3.81. The number of aromatic amines is 1. The van der Waals surface area contributed by atoms with Crippen LogP contribution in [0, 0.1) is 5.82 Å². The van der Waals surface area contributed by atoms with E-state index in [0.29, 0.717) is 5.75 Å². The molecule has 0 atom stereocenters. The first-order valence-corrected chi connectivity index (χ1v) is 7.46. The van der Waals surface area contributed by atoms with E-state index < -0.39 is 23.0 Å². The van der Waals surface area contributed by atoms with E-state index in [1.807, 2.05) is 0 Å². The zero-order valence-corrected chi connectivity index (χ0v) is 13.3. The molecule has 0 aliphatic heterocycles. The van der Waals surface area contributed by atoms with Crippen LogP contribution < -0.4 is 15.6 Å². The summed E-state index contributed by atoms with van der Waals surface area (Å²) in [7, 11) is 1.55. The third-order valence-corrected chi connectivity index (χ3v) is 3.81. The molecule has 0 unspecified atom stereocenters. The highest BCUT2D eigenvalue weighted by molar-refractivity contribution is 6.08. The molecule has 2 aromatic carbocycles.